The second-order valence-corrected chi connectivity index (χ2v) is 4.48. The second-order valence-electron chi connectivity index (χ2n) is 4.48. The van der Waals surface area contributed by atoms with Crippen LogP contribution in [0.1, 0.15) is 18.4 Å². The molecule has 0 unspecified atom stereocenters. The average molecular weight is 261 g/mol. The van der Waals surface area contributed by atoms with Crippen molar-refractivity contribution in [1.29, 1.82) is 0 Å². The van der Waals surface area contributed by atoms with E-state index in [2.05, 4.69) is 11.9 Å². The molecule has 0 radical (unpaired) electrons. The van der Waals surface area contributed by atoms with E-state index in [4.69, 9.17) is 4.74 Å². The van der Waals surface area contributed by atoms with Crippen molar-refractivity contribution in [2.24, 2.45) is 0 Å². The lowest BCUT2D eigenvalue weighted by Gasteiger charge is -2.12. The molecule has 100 valence electrons. The van der Waals surface area contributed by atoms with Gasteiger partial charge in [0.1, 0.15) is 6.61 Å². The fourth-order valence-electron chi connectivity index (χ4n) is 1.93. The molecule has 0 heterocycles. The van der Waals surface area contributed by atoms with Gasteiger partial charge in [0, 0.05) is 5.69 Å². The first kappa shape index (κ1) is 13.1. The van der Waals surface area contributed by atoms with Crippen molar-refractivity contribution in [3.8, 4) is 0 Å². The van der Waals surface area contributed by atoms with Gasteiger partial charge < -0.3 is 9.84 Å². The van der Waals surface area contributed by atoms with Gasteiger partial charge in [0.15, 0.2) is 0 Å². The largest absolute Gasteiger partial charge is 0.481 e. The van der Waals surface area contributed by atoms with Gasteiger partial charge >= 0.3 is 12.1 Å². The van der Waals surface area contributed by atoms with E-state index < -0.39 is 17.5 Å². The first-order chi connectivity index (χ1) is 9.08. The summed E-state index contributed by atoms with van der Waals surface area (Å²) in [5, 5.41) is 11.8. The Kier molecular flexibility index (Phi) is 3.55. The van der Waals surface area contributed by atoms with E-state index in [1.54, 1.807) is 24.3 Å². The molecule has 2 rings (SSSR count). The van der Waals surface area contributed by atoms with Crippen LogP contribution in [0, 0.1) is 0 Å². The summed E-state index contributed by atoms with van der Waals surface area (Å²) in [4.78, 5) is 22.6. The van der Waals surface area contributed by atoms with E-state index >= 15 is 0 Å². The normalized spacial score (nSPS) is 15.4. The third-order valence-electron chi connectivity index (χ3n) is 3.15. The molecule has 0 spiro atoms. The van der Waals surface area contributed by atoms with Gasteiger partial charge in [0.05, 0.1) is 5.41 Å². The first-order valence-electron chi connectivity index (χ1n) is 5.97. The highest BCUT2D eigenvalue weighted by Crippen LogP contribution is 2.48. The standard InChI is InChI=1S/C14H15NO4/c1-2-8-19-13(18)15-11-5-3-4-10(9-11)14(6-7-14)12(16)17/h2-5,9H,1,6-8H2,(H,15,18)(H,16,17). The monoisotopic (exact) mass is 261 g/mol. The van der Waals surface area contributed by atoms with Crippen molar-refractivity contribution in [2.45, 2.75) is 18.3 Å². The minimum absolute atomic E-state index is 0.130. The number of aliphatic carboxylic acids is 1. The first-order valence-corrected chi connectivity index (χ1v) is 5.97. The zero-order valence-electron chi connectivity index (χ0n) is 10.4. The van der Waals surface area contributed by atoms with Crippen molar-refractivity contribution in [3.05, 3.63) is 42.5 Å². The van der Waals surface area contributed by atoms with Crippen molar-refractivity contribution in [3.63, 3.8) is 0 Å². The van der Waals surface area contributed by atoms with Crippen molar-refractivity contribution in [1.82, 2.24) is 0 Å². The molecule has 5 heteroatoms. The Balaban J connectivity index is 2.10. The van der Waals surface area contributed by atoms with E-state index in [1.807, 2.05) is 0 Å². The predicted molar refractivity (Wildman–Crippen MR) is 70.2 cm³/mol. The molecule has 0 saturated heterocycles. The van der Waals surface area contributed by atoms with Gasteiger partial charge in [-0.05, 0) is 30.5 Å². The topological polar surface area (TPSA) is 75.6 Å². The number of carboxylic acids is 1. The van der Waals surface area contributed by atoms with E-state index in [-0.39, 0.29) is 6.61 Å². The number of hydrogen-bond donors (Lipinski definition) is 2. The SMILES string of the molecule is C=CCOC(=O)Nc1cccc(C2(C(=O)O)CC2)c1. The van der Waals surface area contributed by atoms with Crippen LogP contribution >= 0.6 is 0 Å². The van der Waals surface area contributed by atoms with E-state index in [1.165, 1.54) is 6.08 Å². The van der Waals surface area contributed by atoms with Crippen LogP contribution in [0.15, 0.2) is 36.9 Å². The second kappa shape index (κ2) is 5.14. The number of rotatable bonds is 5. The Labute approximate surface area is 110 Å². The average Bonchev–Trinajstić information content (AvgIpc) is 3.18. The van der Waals surface area contributed by atoms with Crippen LogP contribution in [0.5, 0.6) is 0 Å². The number of carbonyl (C=O) groups excluding carboxylic acids is 1. The third kappa shape index (κ3) is 2.76. The molecule has 2 N–H and O–H groups in total. The van der Waals surface area contributed by atoms with Crippen LogP contribution < -0.4 is 5.32 Å². The van der Waals surface area contributed by atoms with Crippen molar-refractivity contribution < 1.29 is 19.4 Å². The van der Waals surface area contributed by atoms with Gasteiger partial charge in [-0.15, -0.1) is 0 Å². The molecule has 0 aliphatic heterocycles. The van der Waals surface area contributed by atoms with E-state index in [0.717, 1.165) is 0 Å². The third-order valence-corrected chi connectivity index (χ3v) is 3.15. The fraction of sp³-hybridized carbons (Fsp3) is 0.286. The maximum absolute atomic E-state index is 11.4. The molecule has 1 aliphatic carbocycles. The summed E-state index contributed by atoms with van der Waals surface area (Å²) in [5.74, 6) is -0.820. The lowest BCUT2D eigenvalue weighted by Crippen LogP contribution is -2.20. The Morgan fingerprint density at radius 2 is 2.21 bits per heavy atom. The highest BCUT2D eigenvalue weighted by molar-refractivity contribution is 5.87. The molecule has 0 atom stereocenters. The van der Waals surface area contributed by atoms with Crippen LogP contribution in [0.25, 0.3) is 0 Å². The van der Waals surface area contributed by atoms with Crippen molar-refractivity contribution in [2.75, 3.05) is 11.9 Å². The summed E-state index contributed by atoms with van der Waals surface area (Å²) in [6.45, 7) is 3.57. The van der Waals surface area contributed by atoms with E-state index in [0.29, 0.717) is 24.1 Å². The number of amides is 1. The number of hydrogen-bond acceptors (Lipinski definition) is 3. The summed E-state index contributed by atoms with van der Waals surface area (Å²) in [7, 11) is 0. The molecule has 1 aliphatic rings. The zero-order chi connectivity index (χ0) is 13.9. The van der Waals surface area contributed by atoms with Gasteiger partial charge in [-0.25, -0.2) is 4.79 Å². The molecule has 1 aromatic rings. The molecule has 1 amide bonds. The quantitative estimate of drug-likeness (QED) is 0.799. The van der Waals surface area contributed by atoms with Gasteiger partial charge in [0.2, 0.25) is 0 Å². The number of benzene rings is 1. The molecule has 1 aromatic carbocycles. The van der Waals surface area contributed by atoms with Crippen LogP contribution in [0.4, 0.5) is 10.5 Å². The predicted octanol–water partition coefficient (Wildman–Crippen LogP) is 2.54. The maximum atomic E-state index is 11.4. The molecule has 0 bridgehead atoms. The van der Waals surface area contributed by atoms with Gasteiger partial charge in [-0.2, -0.15) is 0 Å². The molecule has 1 saturated carbocycles. The zero-order valence-corrected chi connectivity index (χ0v) is 10.4. The number of carboxylic acid groups (broad SMARTS) is 1. The van der Waals surface area contributed by atoms with Gasteiger partial charge in [0.25, 0.3) is 0 Å². The summed E-state index contributed by atoms with van der Waals surface area (Å²) in [5.41, 5.74) is 0.462. The fourth-order valence-corrected chi connectivity index (χ4v) is 1.93. The van der Waals surface area contributed by atoms with Crippen molar-refractivity contribution >= 4 is 17.7 Å². The molecular formula is C14H15NO4. The Hall–Kier alpha value is -2.30. The van der Waals surface area contributed by atoms with E-state index in [9.17, 15) is 14.7 Å². The summed E-state index contributed by atoms with van der Waals surface area (Å²) >= 11 is 0. The lowest BCUT2D eigenvalue weighted by molar-refractivity contribution is -0.140. The highest BCUT2D eigenvalue weighted by atomic mass is 16.5. The Morgan fingerprint density at radius 1 is 1.47 bits per heavy atom. The summed E-state index contributed by atoms with van der Waals surface area (Å²) in [6, 6.07) is 6.86. The molecular weight excluding hydrogens is 246 g/mol. The maximum Gasteiger partial charge on any atom is 0.411 e. The lowest BCUT2D eigenvalue weighted by atomic mass is 9.96. The summed E-state index contributed by atoms with van der Waals surface area (Å²) in [6.07, 6.45) is 2.15. The highest BCUT2D eigenvalue weighted by Gasteiger charge is 2.51. The molecule has 1 fully saturated rings. The molecule has 19 heavy (non-hydrogen) atoms. The van der Waals surface area contributed by atoms with Gasteiger partial charge in [-0.3, -0.25) is 10.1 Å². The Bertz CT molecular complexity index is 520. The smallest absolute Gasteiger partial charge is 0.411 e. The Morgan fingerprint density at radius 3 is 2.79 bits per heavy atom. The number of ether oxygens (including phenoxy) is 1. The number of anilines is 1. The minimum atomic E-state index is -0.820. The summed E-state index contributed by atoms with van der Waals surface area (Å²) < 4.78 is 4.80. The van der Waals surface area contributed by atoms with Gasteiger partial charge in [-0.1, -0.05) is 24.8 Å². The number of carbonyl (C=O) groups is 2. The molecule has 5 nitrogen and oxygen atoms in total. The number of nitrogens with one attached hydrogen (secondary N) is 1. The minimum Gasteiger partial charge on any atom is -0.481 e. The van der Waals surface area contributed by atoms with Crippen LogP contribution in [-0.4, -0.2) is 23.8 Å². The molecule has 0 aromatic heterocycles. The van der Waals surface area contributed by atoms with Crippen LogP contribution in [0.2, 0.25) is 0 Å². The van der Waals surface area contributed by atoms with Crippen LogP contribution in [-0.2, 0) is 14.9 Å². The van der Waals surface area contributed by atoms with Crippen LogP contribution in [0.3, 0.4) is 0 Å².